The van der Waals surface area contributed by atoms with Crippen LogP contribution in [0.5, 0.6) is 5.88 Å². The SMILES string of the molecule is COc1ncccc1CNC(=O)[C@H](C)S(C)(=O)=O. The van der Waals surface area contributed by atoms with Crippen LogP contribution in [0.1, 0.15) is 12.5 Å². The molecular weight excluding hydrogens is 256 g/mol. The van der Waals surface area contributed by atoms with E-state index in [-0.39, 0.29) is 6.54 Å². The van der Waals surface area contributed by atoms with Crippen LogP contribution in [0.25, 0.3) is 0 Å². The Morgan fingerprint density at radius 3 is 2.78 bits per heavy atom. The molecule has 0 bridgehead atoms. The number of pyridine rings is 1. The van der Waals surface area contributed by atoms with Gasteiger partial charge in [0.15, 0.2) is 9.84 Å². The molecule has 0 saturated heterocycles. The normalized spacial score (nSPS) is 12.8. The minimum atomic E-state index is -3.38. The van der Waals surface area contributed by atoms with Gasteiger partial charge in [-0.2, -0.15) is 0 Å². The van der Waals surface area contributed by atoms with Crippen LogP contribution in [0.3, 0.4) is 0 Å². The summed E-state index contributed by atoms with van der Waals surface area (Å²) in [5.74, 6) is -0.131. The first kappa shape index (κ1) is 14.4. The second kappa shape index (κ2) is 5.81. The van der Waals surface area contributed by atoms with Crippen LogP contribution >= 0.6 is 0 Å². The van der Waals surface area contributed by atoms with Gasteiger partial charge < -0.3 is 10.1 Å². The number of nitrogens with one attached hydrogen (secondary N) is 1. The van der Waals surface area contributed by atoms with E-state index >= 15 is 0 Å². The first-order chi connectivity index (χ1) is 8.36. The van der Waals surface area contributed by atoms with Gasteiger partial charge in [0.25, 0.3) is 0 Å². The van der Waals surface area contributed by atoms with Gasteiger partial charge in [-0.25, -0.2) is 13.4 Å². The minimum absolute atomic E-state index is 0.176. The van der Waals surface area contributed by atoms with Gasteiger partial charge in [0, 0.05) is 24.6 Å². The molecule has 7 heteroatoms. The van der Waals surface area contributed by atoms with Gasteiger partial charge in [0.1, 0.15) is 5.25 Å². The molecule has 1 rings (SSSR count). The fraction of sp³-hybridized carbons (Fsp3) is 0.455. The van der Waals surface area contributed by atoms with Crippen molar-refractivity contribution in [2.45, 2.75) is 18.7 Å². The lowest BCUT2D eigenvalue weighted by Gasteiger charge is -2.11. The lowest BCUT2D eigenvalue weighted by Crippen LogP contribution is -2.37. The molecule has 0 radical (unpaired) electrons. The van der Waals surface area contributed by atoms with Crippen molar-refractivity contribution in [3.63, 3.8) is 0 Å². The number of rotatable bonds is 5. The summed E-state index contributed by atoms with van der Waals surface area (Å²) in [4.78, 5) is 15.6. The number of ether oxygens (including phenoxy) is 1. The van der Waals surface area contributed by atoms with Crippen molar-refractivity contribution in [2.24, 2.45) is 0 Å². The summed E-state index contributed by atoms with van der Waals surface area (Å²) in [6, 6.07) is 3.46. The average molecular weight is 272 g/mol. The molecule has 0 unspecified atom stereocenters. The highest BCUT2D eigenvalue weighted by Crippen LogP contribution is 2.13. The zero-order chi connectivity index (χ0) is 13.8. The lowest BCUT2D eigenvalue weighted by atomic mass is 10.2. The molecule has 18 heavy (non-hydrogen) atoms. The number of carbonyl (C=O) groups excluding carboxylic acids is 1. The molecule has 0 aliphatic heterocycles. The lowest BCUT2D eigenvalue weighted by molar-refractivity contribution is -0.120. The second-order valence-electron chi connectivity index (χ2n) is 3.86. The highest BCUT2D eigenvalue weighted by atomic mass is 32.2. The van der Waals surface area contributed by atoms with E-state index < -0.39 is 21.0 Å². The zero-order valence-electron chi connectivity index (χ0n) is 10.5. The summed E-state index contributed by atoms with van der Waals surface area (Å²) < 4.78 is 27.4. The van der Waals surface area contributed by atoms with E-state index in [4.69, 9.17) is 4.74 Å². The van der Waals surface area contributed by atoms with E-state index in [2.05, 4.69) is 10.3 Å². The largest absolute Gasteiger partial charge is 0.481 e. The van der Waals surface area contributed by atoms with Crippen LogP contribution < -0.4 is 10.1 Å². The number of aromatic nitrogens is 1. The highest BCUT2D eigenvalue weighted by molar-refractivity contribution is 7.92. The molecule has 0 aromatic carbocycles. The van der Waals surface area contributed by atoms with Crippen molar-refractivity contribution in [3.05, 3.63) is 23.9 Å². The molecule has 1 aromatic heterocycles. The predicted octanol–water partition coefficient (Wildman–Crippen LogP) is 0.139. The van der Waals surface area contributed by atoms with Gasteiger partial charge >= 0.3 is 0 Å². The van der Waals surface area contributed by atoms with Crippen molar-refractivity contribution < 1.29 is 17.9 Å². The number of carbonyl (C=O) groups is 1. The van der Waals surface area contributed by atoms with Crippen molar-refractivity contribution in [3.8, 4) is 5.88 Å². The first-order valence-corrected chi connectivity index (χ1v) is 7.26. The van der Waals surface area contributed by atoms with Gasteiger partial charge in [-0.05, 0) is 13.0 Å². The maximum atomic E-state index is 11.6. The van der Waals surface area contributed by atoms with Crippen LogP contribution in [0.4, 0.5) is 0 Å². The monoisotopic (exact) mass is 272 g/mol. The summed E-state index contributed by atoms with van der Waals surface area (Å²) in [5, 5.41) is 1.47. The Bertz CT molecular complexity index is 528. The fourth-order valence-corrected chi connectivity index (χ4v) is 1.74. The molecule has 1 N–H and O–H groups in total. The maximum Gasteiger partial charge on any atom is 0.238 e. The highest BCUT2D eigenvalue weighted by Gasteiger charge is 2.23. The number of amides is 1. The Morgan fingerprint density at radius 1 is 1.56 bits per heavy atom. The summed E-state index contributed by atoms with van der Waals surface area (Å²) in [5.41, 5.74) is 0.689. The fourth-order valence-electron chi connectivity index (χ4n) is 1.26. The summed E-state index contributed by atoms with van der Waals surface area (Å²) >= 11 is 0. The number of sulfone groups is 1. The topological polar surface area (TPSA) is 85.4 Å². The van der Waals surface area contributed by atoms with Gasteiger partial charge in [-0.3, -0.25) is 4.79 Å². The van der Waals surface area contributed by atoms with E-state index in [9.17, 15) is 13.2 Å². The minimum Gasteiger partial charge on any atom is -0.481 e. The number of methoxy groups -OCH3 is 1. The molecule has 100 valence electrons. The van der Waals surface area contributed by atoms with E-state index in [1.807, 2.05) is 0 Å². The van der Waals surface area contributed by atoms with Crippen LogP contribution in [-0.2, 0) is 21.2 Å². The van der Waals surface area contributed by atoms with Crippen LogP contribution in [-0.4, -0.2) is 37.9 Å². The molecule has 0 aliphatic carbocycles. The summed E-state index contributed by atoms with van der Waals surface area (Å²) in [6.07, 6.45) is 2.60. The van der Waals surface area contributed by atoms with Gasteiger partial charge in [-0.1, -0.05) is 6.07 Å². The van der Waals surface area contributed by atoms with E-state index in [0.29, 0.717) is 11.4 Å². The van der Waals surface area contributed by atoms with E-state index in [0.717, 1.165) is 6.26 Å². The molecule has 1 amide bonds. The third kappa shape index (κ3) is 3.69. The molecule has 0 fully saturated rings. The van der Waals surface area contributed by atoms with Crippen LogP contribution in [0.2, 0.25) is 0 Å². The number of nitrogens with zero attached hydrogens (tertiary/aromatic N) is 1. The Hall–Kier alpha value is -1.63. The predicted molar refractivity (Wildman–Crippen MR) is 66.9 cm³/mol. The first-order valence-electron chi connectivity index (χ1n) is 5.30. The van der Waals surface area contributed by atoms with Gasteiger partial charge in [-0.15, -0.1) is 0 Å². The van der Waals surface area contributed by atoms with Crippen LogP contribution in [0, 0.1) is 0 Å². The van der Waals surface area contributed by atoms with Gasteiger partial charge in [0.05, 0.1) is 7.11 Å². The summed E-state index contributed by atoms with van der Waals surface area (Å²) in [7, 11) is -1.90. The number of hydrogen-bond donors (Lipinski definition) is 1. The Kier molecular flexibility index (Phi) is 4.66. The molecule has 0 saturated carbocycles. The Morgan fingerprint density at radius 2 is 2.22 bits per heavy atom. The molecular formula is C11H16N2O4S. The van der Waals surface area contributed by atoms with E-state index in [1.54, 1.807) is 18.3 Å². The summed E-state index contributed by atoms with van der Waals surface area (Å²) in [6.45, 7) is 1.53. The maximum absolute atomic E-state index is 11.6. The number of hydrogen-bond acceptors (Lipinski definition) is 5. The standard InChI is InChI=1S/C11H16N2O4S/c1-8(18(3,15)16)10(14)13-7-9-5-4-6-12-11(9)17-2/h4-6,8H,7H2,1-3H3,(H,13,14)/t8-/m0/s1. The Labute approximate surface area is 106 Å². The molecule has 1 atom stereocenters. The molecule has 6 nitrogen and oxygen atoms in total. The van der Waals surface area contributed by atoms with E-state index in [1.165, 1.54) is 14.0 Å². The Balaban J connectivity index is 2.69. The molecule has 0 spiro atoms. The third-order valence-electron chi connectivity index (χ3n) is 2.51. The van der Waals surface area contributed by atoms with Crippen LogP contribution in [0.15, 0.2) is 18.3 Å². The van der Waals surface area contributed by atoms with Crippen molar-refractivity contribution in [2.75, 3.05) is 13.4 Å². The van der Waals surface area contributed by atoms with Crippen molar-refractivity contribution >= 4 is 15.7 Å². The molecule has 1 heterocycles. The third-order valence-corrected chi connectivity index (χ3v) is 4.01. The average Bonchev–Trinajstić information content (AvgIpc) is 2.34. The molecule has 1 aromatic rings. The van der Waals surface area contributed by atoms with Crippen molar-refractivity contribution in [1.29, 1.82) is 0 Å². The van der Waals surface area contributed by atoms with Crippen molar-refractivity contribution in [1.82, 2.24) is 10.3 Å². The quantitative estimate of drug-likeness (QED) is 0.824. The smallest absolute Gasteiger partial charge is 0.238 e. The second-order valence-corrected chi connectivity index (χ2v) is 6.23. The zero-order valence-corrected chi connectivity index (χ0v) is 11.3. The van der Waals surface area contributed by atoms with Gasteiger partial charge in [0.2, 0.25) is 11.8 Å². The molecule has 0 aliphatic rings.